The Balaban J connectivity index is 4.68. The molecule has 0 N–H and O–H groups in total. The van der Waals surface area contributed by atoms with Gasteiger partial charge in [-0.05, 0) is 25.7 Å². The van der Waals surface area contributed by atoms with Crippen LogP contribution in [0.3, 0.4) is 0 Å². The normalized spacial score (nSPS) is 10.9. The fraction of sp³-hybridized carbons (Fsp3) is 0.700. The molecule has 0 aliphatic heterocycles. The molecule has 0 aliphatic rings. The maximum Gasteiger partial charge on any atom is 0.345 e. The lowest BCUT2D eigenvalue weighted by Crippen LogP contribution is -2.15. The number of allylic oxidation sites excluding steroid dienone is 1. The maximum atomic E-state index is 11.3. The van der Waals surface area contributed by atoms with Gasteiger partial charge in [-0.15, -0.1) is 0 Å². The highest BCUT2D eigenvalue weighted by Gasteiger charge is 2.19. The summed E-state index contributed by atoms with van der Waals surface area (Å²) < 4.78 is 4.53. The van der Waals surface area contributed by atoms with Crippen molar-refractivity contribution >= 4 is 16.5 Å². The van der Waals surface area contributed by atoms with Crippen molar-refractivity contribution in [3.63, 3.8) is 0 Å². The summed E-state index contributed by atoms with van der Waals surface area (Å²) in [5.41, 5.74) is 1.87. The second-order valence-corrected chi connectivity index (χ2v) is 4.81. The zero-order valence-electron chi connectivity index (χ0n) is 9.02. The predicted octanol–water partition coefficient (Wildman–Crippen LogP) is 2.39. The summed E-state index contributed by atoms with van der Waals surface area (Å²) in [5.74, 6) is -0.286. The number of carbonyl (C=O) groups excluding carboxylic acids is 1. The van der Waals surface area contributed by atoms with Gasteiger partial charge in [0.15, 0.2) is 0 Å². The van der Waals surface area contributed by atoms with Crippen LogP contribution < -0.4 is 0 Å². The van der Waals surface area contributed by atoms with Gasteiger partial charge in [0.05, 0.1) is 0 Å². The molecule has 2 nitrogen and oxygen atoms in total. The zero-order valence-corrected chi connectivity index (χ0v) is 10.0. The fourth-order valence-corrected chi connectivity index (χ4v) is 1.17. The maximum absolute atomic E-state index is 11.3. The van der Waals surface area contributed by atoms with E-state index in [0.717, 1.165) is 17.6 Å². The van der Waals surface area contributed by atoms with E-state index in [-0.39, 0.29) is 11.4 Å². The van der Waals surface area contributed by atoms with Gasteiger partial charge in [-0.3, -0.25) is 0 Å². The Morgan fingerprint density at radius 1 is 1.31 bits per heavy atom. The molecule has 3 heteroatoms. The molecule has 73 valence electrons. The largest absolute Gasteiger partial charge is 0.513 e. The van der Waals surface area contributed by atoms with Crippen LogP contribution in [0.5, 0.6) is 0 Å². The van der Waals surface area contributed by atoms with Crippen molar-refractivity contribution in [1.29, 1.82) is 0 Å². The van der Waals surface area contributed by atoms with Crippen LogP contribution in [0.2, 0.25) is 0 Å². The molecule has 0 rings (SSSR count). The summed E-state index contributed by atoms with van der Waals surface area (Å²) in [5, 5.41) is 0. The summed E-state index contributed by atoms with van der Waals surface area (Å²) in [6.45, 7) is 10.1. The van der Waals surface area contributed by atoms with Crippen LogP contribution in [0, 0.1) is 5.41 Å². The minimum absolute atomic E-state index is 0.104. The van der Waals surface area contributed by atoms with Gasteiger partial charge in [0.2, 0.25) is 0 Å². The topological polar surface area (TPSA) is 26.3 Å². The van der Waals surface area contributed by atoms with Gasteiger partial charge in [0.25, 0.3) is 0 Å². The quantitative estimate of drug-likeness (QED) is 0.502. The van der Waals surface area contributed by atoms with E-state index in [0.29, 0.717) is 0 Å². The molecule has 0 saturated carbocycles. The molecule has 0 fully saturated rings. The number of rotatable bonds is 2. The lowest BCUT2D eigenvalue weighted by molar-refractivity contribution is -0.130. The highest BCUT2D eigenvalue weighted by molar-refractivity contribution is 6.09. The first kappa shape index (κ1) is 12.4. The first-order valence-electron chi connectivity index (χ1n) is 4.32. The van der Waals surface area contributed by atoms with Crippen molar-refractivity contribution in [2.24, 2.45) is 5.41 Å². The first-order valence-corrected chi connectivity index (χ1v) is 4.73. The molecule has 0 aromatic carbocycles. The summed E-state index contributed by atoms with van der Waals surface area (Å²) in [6, 6.07) is 0. The average molecular weight is 197 g/mol. The van der Waals surface area contributed by atoms with Crippen molar-refractivity contribution in [1.82, 2.24) is 0 Å². The minimum atomic E-state index is -0.286. The van der Waals surface area contributed by atoms with E-state index < -0.39 is 0 Å². The van der Waals surface area contributed by atoms with E-state index >= 15 is 0 Å². The third-order valence-electron chi connectivity index (χ3n) is 1.65. The zero-order chi connectivity index (χ0) is 10.6. The molecule has 0 atom stereocenters. The summed E-state index contributed by atoms with van der Waals surface area (Å²) in [4.78, 5) is 11.3. The Bertz CT molecular complexity index is 220. The Morgan fingerprint density at radius 3 is 2.00 bits per heavy atom. The smallest absolute Gasteiger partial charge is 0.345 e. The van der Waals surface area contributed by atoms with Crippen molar-refractivity contribution < 1.29 is 9.22 Å². The third-order valence-corrected chi connectivity index (χ3v) is 1.84. The summed E-state index contributed by atoms with van der Waals surface area (Å²) in [7, 11) is 2.76. The van der Waals surface area contributed by atoms with Gasteiger partial charge >= 0.3 is 16.5 Å². The van der Waals surface area contributed by atoms with Crippen LogP contribution in [-0.4, -0.2) is 16.5 Å². The molecular weight excluding hydrogens is 180 g/mol. The highest BCUT2D eigenvalue weighted by atomic mass is 28.2. The highest BCUT2D eigenvalue weighted by Crippen LogP contribution is 2.26. The van der Waals surface area contributed by atoms with E-state index in [1.165, 1.54) is 0 Å². The van der Waals surface area contributed by atoms with E-state index in [2.05, 4.69) is 35.7 Å². The average Bonchev–Trinajstić information content (AvgIpc) is 1.96. The molecule has 0 aromatic rings. The van der Waals surface area contributed by atoms with Crippen LogP contribution in [-0.2, 0) is 9.22 Å². The van der Waals surface area contributed by atoms with Crippen molar-refractivity contribution in [2.75, 3.05) is 0 Å². The molecule has 0 spiro atoms. The molecular formula is C10H17O2Si. The van der Waals surface area contributed by atoms with Gasteiger partial charge in [-0.1, -0.05) is 26.3 Å². The molecule has 0 bridgehead atoms. The molecule has 0 amide bonds. The van der Waals surface area contributed by atoms with Crippen LogP contribution in [0.4, 0.5) is 0 Å². The molecule has 0 aromatic heterocycles. The molecule has 0 unspecified atom stereocenters. The number of hydrogen-bond donors (Lipinski definition) is 0. The first-order chi connectivity index (χ1) is 5.78. The Labute approximate surface area is 83.9 Å². The standard InChI is InChI=1S/C10H17O2Si/c1-7(2)8(9(11)12-13)6-10(3,4)5/h6H2,1-5H3. The Morgan fingerprint density at radius 2 is 1.77 bits per heavy atom. The number of hydrogen-bond acceptors (Lipinski definition) is 2. The monoisotopic (exact) mass is 197 g/mol. The summed E-state index contributed by atoms with van der Waals surface area (Å²) >= 11 is 0. The Kier molecular flexibility index (Phi) is 4.40. The van der Waals surface area contributed by atoms with Gasteiger partial charge in [0.1, 0.15) is 0 Å². The van der Waals surface area contributed by atoms with Gasteiger partial charge in [-0.2, -0.15) is 0 Å². The van der Waals surface area contributed by atoms with Gasteiger partial charge in [0, 0.05) is 5.57 Å². The molecule has 0 saturated heterocycles. The molecule has 0 heterocycles. The van der Waals surface area contributed by atoms with Crippen molar-refractivity contribution in [3.8, 4) is 0 Å². The second-order valence-electron chi connectivity index (χ2n) is 4.61. The van der Waals surface area contributed by atoms with E-state index in [1.807, 2.05) is 13.8 Å². The predicted molar refractivity (Wildman–Crippen MR) is 54.3 cm³/mol. The van der Waals surface area contributed by atoms with Crippen LogP contribution in [0.25, 0.3) is 0 Å². The van der Waals surface area contributed by atoms with Crippen LogP contribution in [0.1, 0.15) is 41.0 Å². The SMILES string of the molecule is CC(C)=C(CC(C)(C)C)C(=O)O[Si]. The Hall–Kier alpha value is -0.573. The summed E-state index contributed by atoms with van der Waals surface area (Å²) in [6.07, 6.45) is 0.735. The fourth-order valence-electron chi connectivity index (χ4n) is 1.04. The minimum Gasteiger partial charge on any atom is -0.513 e. The lowest BCUT2D eigenvalue weighted by Gasteiger charge is -2.20. The van der Waals surface area contributed by atoms with Crippen LogP contribution in [0.15, 0.2) is 11.1 Å². The lowest BCUT2D eigenvalue weighted by atomic mass is 9.86. The molecule has 0 aliphatic carbocycles. The molecule has 3 radical (unpaired) electrons. The van der Waals surface area contributed by atoms with Gasteiger partial charge < -0.3 is 4.43 Å². The van der Waals surface area contributed by atoms with E-state index in [1.54, 1.807) is 0 Å². The van der Waals surface area contributed by atoms with E-state index in [9.17, 15) is 4.79 Å². The third kappa shape index (κ3) is 4.88. The number of carbonyl (C=O) groups is 1. The molecule has 13 heavy (non-hydrogen) atoms. The van der Waals surface area contributed by atoms with Crippen molar-refractivity contribution in [3.05, 3.63) is 11.1 Å². The van der Waals surface area contributed by atoms with Crippen molar-refractivity contribution in [2.45, 2.75) is 41.0 Å². The van der Waals surface area contributed by atoms with Crippen LogP contribution >= 0.6 is 0 Å². The van der Waals surface area contributed by atoms with Gasteiger partial charge in [-0.25, -0.2) is 4.79 Å². The van der Waals surface area contributed by atoms with E-state index in [4.69, 9.17) is 0 Å². The second kappa shape index (κ2) is 4.60.